The van der Waals surface area contributed by atoms with Crippen molar-refractivity contribution in [1.82, 2.24) is 0 Å². The Balaban J connectivity index is 1.02. The molecule has 0 N–H and O–H groups in total. The lowest BCUT2D eigenvalue weighted by Gasteiger charge is -2.50. The van der Waals surface area contributed by atoms with Crippen molar-refractivity contribution in [2.24, 2.45) is 0 Å². The molecule has 13 aromatic rings. The van der Waals surface area contributed by atoms with Crippen molar-refractivity contribution in [3.05, 3.63) is 348 Å². The Morgan fingerprint density at radius 3 is 1.13 bits per heavy atom. The molecule has 0 unspecified atom stereocenters. The van der Waals surface area contributed by atoms with Crippen molar-refractivity contribution < 1.29 is 4.42 Å². The van der Waals surface area contributed by atoms with E-state index in [1.807, 2.05) is 6.07 Å². The second-order valence-electron chi connectivity index (χ2n) is 20.3. The Hall–Kier alpha value is -9.96. The Morgan fingerprint density at radius 1 is 0.234 bits per heavy atom. The van der Waals surface area contributed by atoms with Gasteiger partial charge >= 0.3 is 0 Å². The van der Waals surface area contributed by atoms with Gasteiger partial charge in [-0.05, 0) is 146 Å². The highest BCUT2D eigenvalue weighted by molar-refractivity contribution is 6.06. The molecule has 77 heavy (non-hydrogen) atoms. The molecule has 2 aliphatic carbocycles. The SMILES string of the molecule is c1ccc(-c2ccc(N(c3ccccc3)c3ccc4c(c3)C3(c5cc(N(c6ccccc6)c6ccc7c(c6)oc6ccccc67)ccc5-4)c4ccccc4C(c4ccccc4)(c4ccccc4)c4ccccc43)cc2)cc1. The summed E-state index contributed by atoms with van der Waals surface area (Å²) in [6, 6.07) is 112. The Bertz CT molecular complexity index is 4230. The first-order chi connectivity index (χ1) is 38.2. The van der Waals surface area contributed by atoms with Crippen molar-refractivity contribution in [1.29, 1.82) is 0 Å². The van der Waals surface area contributed by atoms with E-state index in [1.165, 1.54) is 66.8 Å². The van der Waals surface area contributed by atoms with Crippen molar-refractivity contribution in [3.63, 3.8) is 0 Å². The molecule has 0 amide bonds. The Labute approximate surface area is 448 Å². The maximum Gasteiger partial charge on any atom is 0.137 e. The number of furan rings is 1. The minimum absolute atomic E-state index is 0.645. The Morgan fingerprint density at radius 2 is 0.597 bits per heavy atom. The zero-order valence-corrected chi connectivity index (χ0v) is 42.2. The van der Waals surface area contributed by atoms with Crippen LogP contribution in [-0.4, -0.2) is 0 Å². The summed E-state index contributed by atoms with van der Waals surface area (Å²) in [5.41, 5.74) is 21.5. The molecule has 0 bridgehead atoms. The van der Waals surface area contributed by atoms with Gasteiger partial charge in [-0.15, -0.1) is 0 Å². The molecule has 1 heterocycles. The number of benzene rings is 12. The number of para-hydroxylation sites is 3. The number of hydrogen-bond acceptors (Lipinski definition) is 3. The number of fused-ring (bicyclic) bond motifs is 12. The number of anilines is 6. The lowest BCUT2D eigenvalue weighted by Crippen LogP contribution is -2.44. The van der Waals surface area contributed by atoms with E-state index in [2.05, 4.69) is 307 Å². The van der Waals surface area contributed by atoms with Gasteiger partial charge in [-0.2, -0.15) is 0 Å². The zero-order valence-electron chi connectivity index (χ0n) is 42.2. The van der Waals surface area contributed by atoms with E-state index in [0.717, 1.165) is 56.1 Å². The normalized spacial score (nSPS) is 13.4. The fourth-order valence-electron chi connectivity index (χ4n) is 13.2. The second kappa shape index (κ2) is 17.9. The molecule has 0 fully saturated rings. The van der Waals surface area contributed by atoms with Gasteiger partial charge in [-0.1, -0.05) is 218 Å². The maximum absolute atomic E-state index is 6.58. The molecule has 3 heteroatoms. The van der Waals surface area contributed by atoms with Crippen molar-refractivity contribution in [2.45, 2.75) is 10.8 Å². The average Bonchev–Trinajstić information content (AvgIpc) is 4.26. The van der Waals surface area contributed by atoms with Crippen LogP contribution in [0.15, 0.2) is 308 Å². The first-order valence-corrected chi connectivity index (χ1v) is 26.6. The topological polar surface area (TPSA) is 19.6 Å². The van der Waals surface area contributed by atoms with E-state index in [4.69, 9.17) is 4.42 Å². The van der Waals surface area contributed by atoms with Crippen LogP contribution in [0.2, 0.25) is 0 Å². The first-order valence-electron chi connectivity index (χ1n) is 26.6. The summed E-state index contributed by atoms with van der Waals surface area (Å²) < 4.78 is 6.58. The molecule has 0 saturated heterocycles. The zero-order chi connectivity index (χ0) is 50.9. The largest absolute Gasteiger partial charge is 0.456 e. The molecule has 3 nitrogen and oxygen atoms in total. The van der Waals surface area contributed by atoms with Crippen molar-refractivity contribution >= 4 is 56.1 Å². The standard InChI is InChI=1S/C74H50N2O/c1-6-22-51(23-7-1)52-38-40-57(41-39-52)75(55-28-12-4-13-29-55)58-42-45-61-62-46-43-59(76(56-30-14-5-15-31-56)60-44-47-64-63-32-16-21-37-71(63)77-72(64)50-60)49-70(62)74(69(61)48-58)67-35-19-17-33-65(67)73(53-24-8-2-9-25-53,54-26-10-3-11-27-54)66-34-18-20-36-68(66)74/h1-50H. The quantitative estimate of drug-likeness (QED) is 0.144. The van der Waals surface area contributed by atoms with E-state index >= 15 is 0 Å². The van der Waals surface area contributed by atoms with Crippen LogP contribution in [0.25, 0.3) is 44.2 Å². The summed E-state index contributed by atoms with van der Waals surface area (Å²) in [4.78, 5) is 4.81. The van der Waals surface area contributed by atoms with E-state index in [9.17, 15) is 0 Å². The maximum atomic E-state index is 6.58. The van der Waals surface area contributed by atoms with Crippen LogP contribution in [0.5, 0.6) is 0 Å². The summed E-state index contributed by atoms with van der Waals surface area (Å²) in [6.45, 7) is 0. The number of rotatable bonds is 9. The van der Waals surface area contributed by atoms with Crippen LogP contribution in [0.1, 0.15) is 44.5 Å². The van der Waals surface area contributed by atoms with Gasteiger partial charge in [-0.25, -0.2) is 0 Å². The Kier molecular flexibility index (Phi) is 10.3. The first kappa shape index (κ1) is 44.5. The summed E-state index contributed by atoms with van der Waals surface area (Å²) in [6.07, 6.45) is 0. The summed E-state index contributed by atoms with van der Waals surface area (Å²) in [5.74, 6) is 0. The van der Waals surface area contributed by atoms with Crippen molar-refractivity contribution in [3.8, 4) is 22.3 Å². The number of hydrogen-bond donors (Lipinski definition) is 0. The van der Waals surface area contributed by atoms with E-state index in [1.54, 1.807) is 0 Å². The molecular formula is C74H50N2O. The highest BCUT2D eigenvalue weighted by Gasteiger charge is 2.57. The lowest BCUT2D eigenvalue weighted by atomic mass is 9.51. The molecule has 0 radical (unpaired) electrons. The van der Waals surface area contributed by atoms with Crippen LogP contribution < -0.4 is 9.80 Å². The molecule has 1 spiro atoms. The monoisotopic (exact) mass is 982 g/mol. The van der Waals surface area contributed by atoms with E-state index in [0.29, 0.717) is 0 Å². The summed E-state index contributed by atoms with van der Waals surface area (Å²) >= 11 is 0. The molecule has 15 rings (SSSR count). The van der Waals surface area contributed by atoms with Gasteiger partial charge in [0, 0.05) is 51.0 Å². The fourth-order valence-corrected chi connectivity index (χ4v) is 13.2. The minimum Gasteiger partial charge on any atom is -0.456 e. The highest BCUT2D eigenvalue weighted by atomic mass is 16.3. The molecule has 362 valence electrons. The average molecular weight is 983 g/mol. The summed E-state index contributed by atoms with van der Waals surface area (Å²) in [5, 5.41) is 2.22. The number of nitrogens with zero attached hydrogens (tertiary/aromatic N) is 2. The molecule has 12 aromatic carbocycles. The van der Waals surface area contributed by atoms with E-state index in [-0.39, 0.29) is 0 Å². The van der Waals surface area contributed by atoms with Crippen molar-refractivity contribution in [2.75, 3.05) is 9.80 Å². The van der Waals surface area contributed by atoms with Crippen LogP contribution in [0.4, 0.5) is 34.1 Å². The van der Waals surface area contributed by atoms with Gasteiger partial charge in [0.2, 0.25) is 0 Å². The second-order valence-corrected chi connectivity index (χ2v) is 20.3. The van der Waals surface area contributed by atoms with Crippen LogP contribution in [0, 0.1) is 0 Å². The third-order valence-electron chi connectivity index (χ3n) is 16.4. The predicted octanol–water partition coefficient (Wildman–Crippen LogP) is 19.3. The van der Waals surface area contributed by atoms with Gasteiger partial charge < -0.3 is 14.2 Å². The third kappa shape index (κ3) is 6.77. The molecule has 1 aromatic heterocycles. The van der Waals surface area contributed by atoms with Gasteiger partial charge in [-0.3, -0.25) is 0 Å². The summed E-state index contributed by atoms with van der Waals surface area (Å²) in [7, 11) is 0. The highest BCUT2D eigenvalue weighted by Crippen LogP contribution is 2.65. The molecule has 0 saturated carbocycles. The minimum atomic E-state index is -0.776. The van der Waals surface area contributed by atoms with Crippen LogP contribution >= 0.6 is 0 Å². The predicted molar refractivity (Wildman–Crippen MR) is 318 cm³/mol. The van der Waals surface area contributed by atoms with Gasteiger partial charge in [0.25, 0.3) is 0 Å². The molecule has 0 aliphatic heterocycles. The van der Waals surface area contributed by atoms with Gasteiger partial charge in [0.15, 0.2) is 0 Å². The van der Waals surface area contributed by atoms with Crippen LogP contribution in [-0.2, 0) is 10.8 Å². The molecular weight excluding hydrogens is 933 g/mol. The van der Waals surface area contributed by atoms with Crippen LogP contribution in [0.3, 0.4) is 0 Å². The van der Waals surface area contributed by atoms with Gasteiger partial charge in [0.1, 0.15) is 11.2 Å². The lowest BCUT2D eigenvalue weighted by molar-refractivity contribution is 0.623. The molecule has 0 atom stereocenters. The third-order valence-corrected chi connectivity index (χ3v) is 16.4. The van der Waals surface area contributed by atoms with E-state index < -0.39 is 10.8 Å². The fraction of sp³-hybridized carbons (Fsp3) is 0.0270. The smallest absolute Gasteiger partial charge is 0.137 e. The van der Waals surface area contributed by atoms with Gasteiger partial charge in [0.05, 0.1) is 10.8 Å². The molecule has 2 aliphatic rings.